The standard InChI is InChI=1S/C22H19ClN2O3/c1-14-7-12-17(13-18(14)23)24-21(26)15-8-10-16(11-9-15)22(27)25-19-5-3-4-6-20(19)28-2/h3-13H,1-2H3,(H,24,26)(H,25,27). The fourth-order valence-corrected chi connectivity index (χ4v) is 2.77. The maximum absolute atomic E-state index is 12.4. The van der Waals surface area contributed by atoms with Gasteiger partial charge in [0, 0.05) is 21.8 Å². The Hall–Kier alpha value is -3.31. The largest absolute Gasteiger partial charge is 0.495 e. The number of halogens is 1. The Morgan fingerprint density at radius 1 is 0.857 bits per heavy atom. The fraction of sp³-hybridized carbons (Fsp3) is 0.0909. The molecule has 3 aromatic rings. The monoisotopic (exact) mass is 394 g/mol. The highest BCUT2D eigenvalue weighted by molar-refractivity contribution is 6.31. The SMILES string of the molecule is COc1ccccc1NC(=O)c1ccc(C(=O)Nc2ccc(C)c(Cl)c2)cc1. The number of nitrogens with one attached hydrogen (secondary N) is 2. The number of para-hydroxylation sites is 2. The van der Waals surface area contributed by atoms with E-state index in [1.807, 2.05) is 25.1 Å². The van der Waals surface area contributed by atoms with Crippen LogP contribution in [0.5, 0.6) is 5.75 Å². The van der Waals surface area contributed by atoms with Gasteiger partial charge in [-0.3, -0.25) is 9.59 Å². The lowest BCUT2D eigenvalue weighted by atomic mass is 10.1. The Balaban J connectivity index is 1.69. The molecule has 0 aliphatic rings. The number of aryl methyl sites for hydroxylation is 1. The Morgan fingerprint density at radius 2 is 1.46 bits per heavy atom. The van der Waals surface area contributed by atoms with E-state index in [1.54, 1.807) is 55.6 Å². The zero-order valence-corrected chi connectivity index (χ0v) is 16.2. The Kier molecular flexibility index (Phi) is 5.96. The maximum atomic E-state index is 12.4. The first-order valence-corrected chi connectivity index (χ1v) is 8.97. The lowest BCUT2D eigenvalue weighted by molar-refractivity contribution is 0.101. The molecule has 6 heteroatoms. The van der Waals surface area contributed by atoms with Gasteiger partial charge in [0.1, 0.15) is 5.75 Å². The van der Waals surface area contributed by atoms with Crippen LogP contribution in [0.25, 0.3) is 0 Å². The average Bonchev–Trinajstić information content (AvgIpc) is 2.71. The quantitative estimate of drug-likeness (QED) is 0.628. The van der Waals surface area contributed by atoms with Crippen LogP contribution in [0.4, 0.5) is 11.4 Å². The van der Waals surface area contributed by atoms with E-state index in [4.69, 9.17) is 16.3 Å². The second kappa shape index (κ2) is 8.59. The van der Waals surface area contributed by atoms with E-state index in [0.29, 0.717) is 33.3 Å². The summed E-state index contributed by atoms with van der Waals surface area (Å²) < 4.78 is 5.23. The van der Waals surface area contributed by atoms with Crippen molar-refractivity contribution >= 4 is 34.8 Å². The number of amides is 2. The van der Waals surface area contributed by atoms with E-state index >= 15 is 0 Å². The highest BCUT2D eigenvalue weighted by atomic mass is 35.5. The van der Waals surface area contributed by atoms with E-state index in [2.05, 4.69) is 10.6 Å². The summed E-state index contributed by atoms with van der Waals surface area (Å²) >= 11 is 6.08. The van der Waals surface area contributed by atoms with E-state index < -0.39 is 0 Å². The second-order valence-corrected chi connectivity index (χ2v) is 6.56. The lowest BCUT2D eigenvalue weighted by Crippen LogP contribution is -2.14. The van der Waals surface area contributed by atoms with Gasteiger partial charge in [-0.2, -0.15) is 0 Å². The third-order valence-electron chi connectivity index (χ3n) is 4.19. The molecule has 0 aliphatic carbocycles. The molecule has 3 rings (SSSR count). The third kappa shape index (κ3) is 4.50. The number of hydrogen-bond donors (Lipinski definition) is 2. The molecule has 0 spiro atoms. The Morgan fingerprint density at radius 3 is 2.07 bits per heavy atom. The maximum Gasteiger partial charge on any atom is 0.255 e. The zero-order chi connectivity index (χ0) is 20.1. The Bertz CT molecular complexity index is 1020. The predicted octanol–water partition coefficient (Wildman–Crippen LogP) is 5.16. The molecule has 0 saturated carbocycles. The number of ether oxygens (including phenoxy) is 1. The fourth-order valence-electron chi connectivity index (χ4n) is 2.59. The lowest BCUT2D eigenvalue weighted by Gasteiger charge is -2.10. The first-order valence-electron chi connectivity index (χ1n) is 8.60. The number of hydrogen-bond acceptors (Lipinski definition) is 3. The van der Waals surface area contributed by atoms with Crippen LogP contribution in [0.2, 0.25) is 5.02 Å². The van der Waals surface area contributed by atoms with Crippen LogP contribution in [0.3, 0.4) is 0 Å². The minimum Gasteiger partial charge on any atom is -0.495 e. The number of methoxy groups -OCH3 is 1. The van der Waals surface area contributed by atoms with Gasteiger partial charge in [-0.1, -0.05) is 29.8 Å². The van der Waals surface area contributed by atoms with Crippen molar-refractivity contribution in [3.05, 3.63) is 88.4 Å². The van der Waals surface area contributed by atoms with E-state index in [9.17, 15) is 9.59 Å². The summed E-state index contributed by atoms with van der Waals surface area (Å²) in [4.78, 5) is 24.8. The average molecular weight is 395 g/mol. The van der Waals surface area contributed by atoms with Gasteiger partial charge in [0.15, 0.2) is 0 Å². The van der Waals surface area contributed by atoms with E-state index in [-0.39, 0.29) is 11.8 Å². The van der Waals surface area contributed by atoms with Crippen LogP contribution in [0.15, 0.2) is 66.7 Å². The van der Waals surface area contributed by atoms with Crippen molar-refractivity contribution in [2.24, 2.45) is 0 Å². The molecule has 0 unspecified atom stereocenters. The summed E-state index contributed by atoms with van der Waals surface area (Å²) in [5.74, 6) is 0.00184. The summed E-state index contributed by atoms with van der Waals surface area (Å²) in [6.07, 6.45) is 0. The Labute approximate surface area is 168 Å². The summed E-state index contributed by atoms with van der Waals surface area (Å²) in [6, 6.07) is 18.9. The minimum absolute atomic E-state index is 0.281. The van der Waals surface area contributed by atoms with Gasteiger partial charge >= 0.3 is 0 Å². The summed E-state index contributed by atoms with van der Waals surface area (Å²) in [5.41, 5.74) is 2.99. The third-order valence-corrected chi connectivity index (χ3v) is 4.60. The molecule has 3 aromatic carbocycles. The molecule has 0 heterocycles. The van der Waals surface area contributed by atoms with Crippen LogP contribution >= 0.6 is 11.6 Å². The van der Waals surface area contributed by atoms with Crippen LogP contribution in [0.1, 0.15) is 26.3 Å². The molecule has 0 fully saturated rings. The van der Waals surface area contributed by atoms with E-state index in [1.165, 1.54) is 0 Å². The molecule has 5 nitrogen and oxygen atoms in total. The second-order valence-electron chi connectivity index (χ2n) is 6.15. The number of benzene rings is 3. The van der Waals surface area contributed by atoms with Crippen molar-refractivity contribution in [1.29, 1.82) is 0 Å². The van der Waals surface area contributed by atoms with Crippen molar-refractivity contribution in [3.63, 3.8) is 0 Å². The van der Waals surface area contributed by atoms with Crippen LogP contribution in [-0.4, -0.2) is 18.9 Å². The summed E-state index contributed by atoms with van der Waals surface area (Å²) in [6.45, 7) is 1.89. The first-order chi connectivity index (χ1) is 13.5. The molecule has 0 radical (unpaired) electrons. The number of anilines is 2. The predicted molar refractivity (Wildman–Crippen MR) is 112 cm³/mol. The normalized spacial score (nSPS) is 10.2. The van der Waals surface area contributed by atoms with Crippen molar-refractivity contribution in [2.45, 2.75) is 6.92 Å². The molecule has 0 aliphatic heterocycles. The van der Waals surface area contributed by atoms with Crippen molar-refractivity contribution in [1.82, 2.24) is 0 Å². The number of rotatable bonds is 5. The molecular weight excluding hydrogens is 376 g/mol. The molecule has 142 valence electrons. The van der Waals surface area contributed by atoms with Crippen molar-refractivity contribution < 1.29 is 14.3 Å². The zero-order valence-electron chi connectivity index (χ0n) is 15.5. The van der Waals surface area contributed by atoms with Crippen LogP contribution in [0, 0.1) is 6.92 Å². The van der Waals surface area contributed by atoms with Gasteiger partial charge in [0.05, 0.1) is 12.8 Å². The van der Waals surface area contributed by atoms with E-state index in [0.717, 1.165) is 5.56 Å². The molecule has 28 heavy (non-hydrogen) atoms. The number of carbonyl (C=O) groups is 2. The first kappa shape index (κ1) is 19.5. The summed E-state index contributed by atoms with van der Waals surface area (Å²) in [5, 5.41) is 6.17. The van der Waals surface area contributed by atoms with Gasteiger partial charge in [0.25, 0.3) is 11.8 Å². The molecular formula is C22H19ClN2O3. The van der Waals surface area contributed by atoms with Gasteiger partial charge in [-0.15, -0.1) is 0 Å². The van der Waals surface area contributed by atoms with Gasteiger partial charge < -0.3 is 15.4 Å². The number of carbonyl (C=O) groups excluding carboxylic acids is 2. The van der Waals surface area contributed by atoms with Crippen LogP contribution in [-0.2, 0) is 0 Å². The topological polar surface area (TPSA) is 67.4 Å². The highest BCUT2D eigenvalue weighted by Crippen LogP contribution is 2.24. The molecule has 0 aromatic heterocycles. The van der Waals surface area contributed by atoms with Gasteiger partial charge in [-0.05, 0) is 61.0 Å². The molecule has 0 bridgehead atoms. The summed E-state index contributed by atoms with van der Waals surface area (Å²) in [7, 11) is 1.54. The van der Waals surface area contributed by atoms with Gasteiger partial charge in [0.2, 0.25) is 0 Å². The molecule has 0 atom stereocenters. The molecule has 2 N–H and O–H groups in total. The molecule has 2 amide bonds. The smallest absolute Gasteiger partial charge is 0.255 e. The molecule has 0 saturated heterocycles. The van der Waals surface area contributed by atoms with Gasteiger partial charge in [-0.25, -0.2) is 0 Å². The minimum atomic E-state index is -0.290. The van der Waals surface area contributed by atoms with Crippen molar-refractivity contribution in [3.8, 4) is 5.75 Å². The van der Waals surface area contributed by atoms with Crippen molar-refractivity contribution in [2.75, 3.05) is 17.7 Å². The van der Waals surface area contributed by atoms with Crippen LogP contribution < -0.4 is 15.4 Å². The highest BCUT2D eigenvalue weighted by Gasteiger charge is 2.12.